The minimum atomic E-state index is 0.685. The van der Waals surface area contributed by atoms with Gasteiger partial charge in [-0.3, -0.25) is 0 Å². The summed E-state index contributed by atoms with van der Waals surface area (Å²) in [6.07, 6.45) is 0. The second-order valence-electron chi connectivity index (χ2n) is 6.00. The Bertz CT molecular complexity index is 711. The van der Waals surface area contributed by atoms with Gasteiger partial charge in [-0.05, 0) is 53.7 Å². The number of nitrogens with one attached hydrogen (secondary N) is 1. The number of tetrazole rings is 1. The van der Waals surface area contributed by atoms with Gasteiger partial charge in [0, 0.05) is 12.7 Å². The van der Waals surface area contributed by atoms with E-state index in [2.05, 4.69) is 47.4 Å². The minimum absolute atomic E-state index is 0.685. The van der Waals surface area contributed by atoms with Crippen molar-refractivity contribution in [3.8, 4) is 0 Å². The van der Waals surface area contributed by atoms with Crippen LogP contribution in [0.2, 0.25) is 0 Å². The van der Waals surface area contributed by atoms with Gasteiger partial charge in [0.15, 0.2) is 6.67 Å². The number of piperazine rings is 1. The van der Waals surface area contributed by atoms with E-state index in [0.717, 1.165) is 32.8 Å². The summed E-state index contributed by atoms with van der Waals surface area (Å²) in [5.74, 6) is 0. The molecule has 22 heavy (non-hydrogen) atoms. The fraction of sp³-hybridized carbons (Fsp3) is 0.533. The number of benzene rings is 1. The zero-order chi connectivity index (χ0) is 15.7. The molecule has 1 aliphatic heterocycles. The molecule has 1 aliphatic rings. The summed E-state index contributed by atoms with van der Waals surface area (Å²) in [7, 11) is 1.83. The Morgan fingerprint density at radius 3 is 2.55 bits per heavy atom. The van der Waals surface area contributed by atoms with Crippen molar-refractivity contribution in [2.45, 2.75) is 20.5 Å². The molecule has 3 rings (SSSR count). The lowest BCUT2D eigenvalue weighted by atomic mass is 10.1. The van der Waals surface area contributed by atoms with Crippen molar-refractivity contribution in [2.24, 2.45) is 7.05 Å². The molecule has 0 saturated carbocycles. The topological polar surface area (TPSA) is 43.3 Å². The van der Waals surface area contributed by atoms with Crippen molar-refractivity contribution in [3.63, 3.8) is 0 Å². The van der Waals surface area contributed by atoms with E-state index in [4.69, 9.17) is 12.2 Å². The van der Waals surface area contributed by atoms with E-state index in [1.807, 2.05) is 11.7 Å². The van der Waals surface area contributed by atoms with Gasteiger partial charge in [-0.2, -0.15) is 4.68 Å². The highest BCUT2D eigenvalue weighted by atomic mass is 32.1. The molecule has 1 saturated heterocycles. The van der Waals surface area contributed by atoms with Crippen LogP contribution in [0.1, 0.15) is 11.1 Å². The van der Waals surface area contributed by atoms with Gasteiger partial charge in [-0.1, -0.05) is 12.1 Å². The lowest BCUT2D eigenvalue weighted by Crippen LogP contribution is -3.14. The Labute approximate surface area is 135 Å². The number of hydrogen-bond acceptors (Lipinski definition) is 4. The summed E-state index contributed by atoms with van der Waals surface area (Å²) >= 11 is 5.30. The summed E-state index contributed by atoms with van der Waals surface area (Å²) in [5.41, 5.74) is 4.12. The van der Waals surface area contributed by atoms with E-state index >= 15 is 0 Å². The van der Waals surface area contributed by atoms with Crippen molar-refractivity contribution in [1.82, 2.24) is 19.8 Å². The predicted octanol–water partition coefficient (Wildman–Crippen LogP) is 0.326. The van der Waals surface area contributed by atoms with Crippen LogP contribution in [-0.4, -0.2) is 46.0 Å². The Kier molecular flexibility index (Phi) is 4.26. The fourth-order valence-corrected chi connectivity index (χ4v) is 3.10. The molecule has 2 heterocycles. The molecular weight excluding hydrogens is 296 g/mol. The van der Waals surface area contributed by atoms with Crippen LogP contribution < -0.4 is 9.80 Å². The lowest BCUT2D eigenvalue weighted by molar-refractivity contribution is -0.924. The van der Waals surface area contributed by atoms with Gasteiger partial charge in [-0.25, -0.2) is 4.68 Å². The van der Waals surface area contributed by atoms with Gasteiger partial charge in [-0.15, -0.1) is 0 Å². The quantitative estimate of drug-likeness (QED) is 0.828. The molecule has 0 spiro atoms. The standard InChI is InChI=1S/C15H22N6S/c1-12-5-4-6-14(13(12)2)20-9-7-19(8-10-20)11-21-15(22)18(3)16-17-21/h4-6H,7-11H2,1-3H3/p+1. The zero-order valence-corrected chi connectivity index (χ0v) is 14.2. The van der Waals surface area contributed by atoms with Crippen molar-refractivity contribution >= 4 is 17.9 Å². The van der Waals surface area contributed by atoms with Crippen molar-refractivity contribution < 1.29 is 4.90 Å². The van der Waals surface area contributed by atoms with Crippen LogP contribution in [-0.2, 0) is 13.7 Å². The first-order valence-electron chi connectivity index (χ1n) is 7.68. The second kappa shape index (κ2) is 6.18. The smallest absolute Gasteiger partial charge is 0.220 e. The van der Waals surface area contributed by atoms with E-state index in [9.17, 15) is 0 Å². The Morgan fingerprint density at radius 1 is 1.18 bits per heavy atom. The molecule has 0 aliphatic carbocycles. The molecule has 1 N–H and O–H groups in total. The summed E-state index contributed by atoms with van der Waals surface area (Å²) in [4.78, 5) is 3.99. The molecule has 0 atom stereocenters. The van der Waals surface area contributed by atoms with Crippen LogP contribution in [0.4, 0.5) is 5.69 Å². The van der Waals surface area contributed by atoms with Crippen LogP contribution in [0, 0.1) is 18.6 Å². The van der Waals surface area contributed by atoms with Gasteiger partial charge < -0.3 is 9.80 Å². The molecule has 0 unspecified atom stereocenters. The molecular formula is C15H23N6S+. The summed E-state index contributed by atoms with van der Waals surface area (Å²) in [6.45, 7) is 9.49. The first-order valence-corrected chi connectivity index (χ1v) is 8.08. The van der Waals surface area contributed by atoms with Crippen LogP contribution >= 0.6 is 12.2 Å². The van der Waals surface area contributed by atoms with Crippen LogP contribution in [0.15, 0.2) is 18.2 Å². The third-order valence-electron chi connectivity index (χ3n) is 4.54. The Morgan fingerprint density at radius 2 is 1.91 bits per heavy atom. The predicted molar refractivity (Wildman–Crippen MR) is 88.7 cm³/mol. The van der Waals surface area contributed by atoms with E-state index in [-0.39, 0.29) is 0 Å². The number of anilines is 1. The van der Waals surface area contributed by atoms with Gasteiger partial charge in [0.25, 0.3) is 0 Å². The van der Waals surface area contributed by atoms with Gasteiger partial charge in [0.05, 0.1) is 26.2 Å². The summed E-state index contributed by atoms with van der Waals surface area (Å²) in [6, 6.07) is 6.55. The molecule has 1 aromatic carbocycles. The number of rotatable bonds is 3. The Hall–Kier alpha value is -1.73. The molecule has 2 aromatic rings. The summed E-state index contributed by atoms with van der Waals surface area (Å²) in [5, 5.41) is 8.07. The van der Waals surface area contributed by atoms with Crippen molar-refractivity contribution in [2.75, 3.05) is 31.1 Å². The molecule has 0 bridgehead atoms. The van der Waals surface area contributed by atoms with E-state index in [1.165, 1.54) is 21.7 Å². The lowest BCUT2D eigenvalue weighted by Gasteiger charge is -2.34. The average Bonchev–Trinajstić information content (AvgIpc) is 2.83. The maximum absolute atomic E-state index is 5.30. The molecule has 7 heteroatoms. The van der Waals surface area contributed by atoms with E-state index < -0.39 is 0 Å². The maximum Gasteiger partial charge on any atom is 0.220 e. The van der Waals surface area contributed by atoms with Crippen LogP contribution in [0.3, 0.4) is 0 Å². The van der Waals surface area contributed by atoms with Crippen LogP contribution in [0.25, 0.3) is 0 Å². The third-order valence-corrected chi connectivity index (χ3v) is 5.02. The second-order valence-corrected chi connectivity index (χ2v) is 6.36. The van der Waals surface area contributed by atoms with Gasteiger partial charge in [0.2, 0.25) is 4.77 Å². The van der Waals surface area contributed by atoms with Crippen LogP contribution in [0.5, 0.6) is 0 Å². The largest absolute Gasteiger partial charge is 0.360 e. The monoisotopic (exact) mass is 319 g/mol. The number of hydrogen-bond donors (Lipinski definition) is 1. The van der Waals surface area contributed by atoms with Crippen molar-refractivity contribution in [1.29, 1.82) is 0 Å². The van der Waals surface area contributed by atoms with Gasteiger partial charge >= 0.3 is 0 Å². The van der Waals surface area contributed by atoms with E-state index in [0.29, 0.717) is 4.77 Å². The fourth-order valence-electron chi connectivity index (χ4n) is 2.96. The van der Waals surface area contributed by atoms with Gasteiger partial charge in [0.1, 0.15) is 0 Å². The molecule has 0 amide bonds. The van der Waals surface area contributed by atoms with Crippen molar-refractivity contribution in [3.05, 3.63) is 34.1 Å². The highest BCUT2D eigenvalue weighted by molar-refractivity contribution is 7.71. The highest BCUT2D eigenvalue weighted by Gasteiger charge is 2.22. The number of quaternary nitrogens is 1. The number of nitrogens with zero attached hydrogens (tertiary/aromatic N) is 5. The molecule has 0 radical (unpaired) electrons. The normalized spacial score (nSPS) is 16.2. The average molecular weight is 319 g/mol. The SMILES string of the molecule is Cc1cccc(N2CC[NH+](Cn3nnn(C)c3=S)CC2)c1C. The molecule has 6 nitrogen and oxygen atoms in total. The zero-order valence-electron chi connectivity index (χ0n) is 13.4. The number of aryl methyl sites for hydroxylation is 2. The first-order chi connectivity index (χ1) is 10.6. The summed E-state index contributed by atoms with van der Waals surface area (Å²) < 4.78 is 4.14. The molecule has 1 aromatic heterocycles. The molecule has 1 fully saturated rings. The Balaban J connectivity index is 1.64. The minimum Gasteiger partial charge on any atom is -0.360 e. The number of aromatic nitrogens is 4. The van der Waals surface area contributed by atoms with E-state index in [1.54, 1.807) is 4.68 Å². The first kappa shape index (κ1) is 15.2. The maximum atomic E-state index is 5.30. The highest BCUT2D eigenvalue weighted by Crippen LogP contribution is 2.22. The molecule has 118 valence electrons. The third kappa shape index (κ3) is 2.91.